The van der Waals surface area contributed by atoms with Crippen molar-refractivity contribution < 1.29 is 9.90 Å². The van der Waals surface area contributed by atoms with Gasteiger partial charge in [-0.3, -0.25) is 10.1 Å². The van der Waals surface area contributed by atoms with Crippen LogP contribution in [0.3, 0.4) is 0 Å². The first kappa shape index (κ1) is 17.3. The largest absolute Gasteiger partial charge is 0.388 e. The molecule has 3 atom stereocenters. The molecule has 0 aliphatic carbocycles. The maximum atomic E-state index is 11.9. The first-order chi connectivity index (χ1) is 9.16. The van der Waals surface area contributed by atoms with Gasteiger partial charge in [0.1, 0.15) is 0 Å². The summed E-state index contributed by atoms with van der Waals surface area (Å²) in [5.41, 5.74) is 0.887. The van der Waals surface area contributed by atoms with E-state index in [9.17, 15) is 9.90 Å². The van der Waals surface area contributed by atoms with E-state index in [4.69, 9.17) is 0 Å². The van der Waals surface area contributed by atoms with Crippen LogP contribution in [0.1, 0.15) is 25.0 Å². The molecule has 1 saturated heterocycles. The quantitative estimate of drug-likeness (QED) is 0.774. The molecule has 0 radical (unpaired) electrons. The van der Waals surface area contributed by atoms with Crippen molar-refractivity contribution in [3.05, 3.63) is 35.9 Å². The molecule has 4 nitrogen and oxygen atoms in total. The number of aliphatic hydroxyl groups is 1. The molecule has 1 fully saturated rings. The highest BCUT2D eigenvalue weighted by molar-refractivity contribution is 7.99. The van der Waals surface area contributed by atoms with E-state index in [1.807, 2.05) is 37.3 Å². The fraction of sp³-hybridized carbons (Fsp3) is 0.500. The maximum absolute atomic E-state index is 11.9. The zero-order valence-electron chi connectivity index (χ0n) is 11.4. The van der Waals surface area contributed by atoms with E-state index in [1.54, 1.807) is 11.8 Å². The first-order valence-corrected chi connectivity index (χ1v) is 7.67. The number of hydrogen-bond acceptors (Lipinski definition) is 4. The Bertz CT molecular complexity index is 413. The molecule has 2 rings (SSSR count). The van der Waals surface area contributed by atoms with Gasteiger partial charge in [0.2, 0.25) is 5.91 Å². The van der Waals surface area contributed by atoms with Crippen LogP contribution in [0.4, 0.5) is 0 Å². The molecule has 1 heterocycles. The Morgan fingerprint density at radius 3 is 2.80 bits per heavy atom. The molecule has 3 N–H and O–H groups in total. The van der Waals surface area contributed by atoms with Gasteiger partial charge in [-0.2, -0.15) is 0 Å². The molecule has 1 amide bonds. The Morgan fingerprint density at radius 2 is 2.20 bits per heavy atom. The second-order valence-electron chi connectivity index (χ2n) is 4.84. The second-order valence-corrected chi connectivity index (χ2v) is 5.87. The van der Waals surface area contributed by atoms with Gasteiger partial charge in [0.25, 0.3) is 0 Å². The van der Waals surface area contributed by atoms with Crippen LogP contribution in [-0.4, -0.2) is 34.7 Å². The molecule has 112 valence electrons. The summed E-state index contributed by atoms with van der Waals surface area (Å²) in [4.78, 5) is 11.9. The summed E-state index contributed by atoms with van der Waals surface area (Å²) in [7, 11) is 0. The normalized spacial score (nSPS) is 20.8. The molecule has 1 aliphatic rings. The number of rotatable bonds is 5. The molecule has 0 saturated carbocycles. The van der Waals surface area contributed by atoms with Crippen molar-refractivity contribution in [2.24, 2.45) is 0 Å². The minimum atomic E-state index is -0.539. The van der Waals surface area contributed by atoms with Crippen LogP contribution in [0.15, 0.2) is 30.3 Å². The van der Waals surface area contributed by atoms with Crippen molar-refractivity contribution in [2.75, 3.05) is 11.6 Å². The topological polar surface area (TPSA) is 61.4 Å². The van der Waals surface area contributed by atoms with Crippen LogP contribution in [0.25, 0.3) is 0 Å². The van der Waals surface area contributed by atoms with Crippen LogP contribution in [0.2, 0.25) is 0 Å². The number of thioether (sulfide) groups is 1. The number of hydrogen-bond donors (Lipinski definition) is 3. The van der Waals surface area contributed by atoms with Crippen molar-refractivity contribution in [2.45, 2.75) is 31.5 Å². The van der Waals surface area contributed by atoms with E-state index in [-0.39, 0.29) is 30.4 Å². The standard InChI is InChI=1S/C14H20N2O2S.ClH/c1-10(16-14(18)12-8-19-9-15-12)7-13(17)11-5-3-2-4-6-11;/h2-6,10,12-13,15,17H,7-9H2,1H3,(H,16,18);1H/t10?,12-,13?;/m1./s1. The Kier molecular flexibility index (Phi) is 7.37. The molecule has 0 aromatic heterocycles. The molecule has 1 aliphatic heterocycles. The summed E-state index contributed by atoms with van der Waals surface area (Å²) in [6.45, 7) is 1.92. The molecule has 1 aromatic rings. The van der Waals surface area contributed by atoms with E-state index in [0.717, 1.165) is 17.2 Å². The van der Waals surface area contributed by atoms with Gasteiger partial charge in [0, 0.05) is 17.7 Å². The van der Waals surface area contributed by atoms with Gasteiger partial charge in [0.05, 0.1) is 12.1 Å². The summed E-state index contributed by atoms with van der Waals surface area (Å²) in [6.07, 6.45) is -0.0160. The van der Waals surface area contributed by atoms with Crippen molar-refractivity contribution in [1.29, 1.82) is 0 Å². The van der Waals surface area contributed by atoms with Crippen molar-refractivity contribution >= 4 is 30.1 Å². The lowest BCUT2D eigenvalue weighted by atomic mass is 10.0. The Balaban J connectivity index is 0.00000200. The zero-order chi connectivity index (χ0) is 13.7. The molecular weight excluding hydrogens is 296 g/mol. The van der Waals surface area contributed by atoms with E-state index in [2.05, 4.69) is 10.6 Å². The third kappa shape index (κ3) is 4.98. The molecule has 0 spiro atoms. The maximum Gasteiger partial charge on any atom is 0.238 e. The van der Waals surface area contributed by atoms with Crippen LogP contribution in [0.5, 0.6) is 0 Å². The third-order valence-electron chi connectivity index (χ3n) is 3.18. The van der Waals surface area contributed by atoms with E-state index in [0.29, 0.717) is 6.42 Å². The summed E-state index contributed by atoms with van der Waals surface area (Å²) in [6, 6.07) is 9.38. The number of carbonyl (C=O) groups is 1. The zero-order valence-corrected chi connectivity index (χ0v) is 13.0. The van der Waals surface area contributed by atoms with Gasteiger partial charge in [0.15, 0.2) is 0 Å². The number of halogens is 1. The van der Waals surface area contributed by atoms with Crippen molar-refractivity contribution in [3.8, 4) is 0 Å². The number of aliphatic hydroxyl groups excluding tert-OH is 1. The number of amides is 1. The van der Waals surface area contributed by atoms with Crippen molar-refractivity contribution in [3.63, 3.8) is 0 Å². The highest BCUT2D eigenvalue weighted by atomic mass is 35.5. The monoisotopic (exact) mass is 316 g/mol. The van der Waals surface area contributed by atoms with Gasteiger partial charge < -0.3 is 10.4 Å². The lowest BCUT2D eigenvalue weighted by molar-refractivity contribution is -0.123. The highest BCUT2D eigenvalue weighted by Gasteiger charge is 2.24. The van der Waals surface area contributed by atoms with Gasteiger partial charge >= 0.3 is 0 Å². The summed E-state index contributed by atoms with van der Waals surface area (Å²) in [5.74, 6) is 1.68. The smallest absolute Gasteiger partial charge is 0.238 e. The third-order valence-corrected chi connectivity index (χ3v) is 4.12. The Morgan fingerprint density at radius 1 is 1.50 bits per heavy atom. The fourth-order valence-corrected chi connectivity index (χ4v) is 3.05. The minimum Gasteiger partial charge on any atom is -0.388 e. The predicted octanol–water partition coefficient (Wildman–Crippen LogP) is 1.70. The SMILES string of the molecule is CC(CC(O)c1ccccc1)NC(=O)[C@H]1CSCN1.Cl. The molecule has 6 heteroatoms. The van der Waals surface area contributed by atoms with Gasteiger partial charge in [-0.15, -0.1) is 24.2 Å². The van der Waals surface area contributed by atoms with Gasteiger partial charge in [-0.25, -0.2) is 0 Å². The van der Waals surface area contributed by atoms with Crippen LogP contribution in [0, 0.1) is 0 Å². The minimum absolute atomic E-state index is 0. The molecular formula is C14H21ClN2O2S. The average molecular weight is 317 g/mol. The summed E-state index contributed by atoms with van der Waals surface area (Å²) >= 11 is 1.73. The number of nitrogens with one attached hydrogen (secondary N) is 2. The first-order valence-electron chi connectivity index (χ1n) is 6.51. The second kappa shape index (κ2) is 8.52. The van der Waals surface area contributed by atoms with Crippen LogP contribution in [-0.2, 0) is 4.79 Å². The lowest BCUT2D eigenvalue weighted by Crippen LogP contribution is -2.45. The predicted molar refractivity (Wildman–Crippen MR) is 85.1 cm³/mol. The molecule has 20 heavy (non-hydrogen) atoms. The molecule has 1 aromatic carbocycles. The molecule has 0 bridgehead atoms. The van der Waals surface area contributed by atoms with E-state index >= 15 is 0 Å². The summed E-state index contributed by atoms with van der Waals surface area (Å²) in [5, 5.41) is 16.2. The van der Waals surface area contributed by atoms with Crippen LogP contribution >= 0.6 is 24.2 Å². The Hall–Kier alpha value is -0.750. The van der Waals surface area contributed by atoms with Gasteiger partial charge in [-0.1, -0.05) is 30.3 Å². The van der Waals surface area contributed by atoms with E-state index in [1.165, 1.54) is 0 Å². The van der Waals surface area contributed by atoms with E-state index < -0.39 is 6.10 Å². The number of carbonyl (C=O) groups excluding carboxylic acids is 1. The van der Waals surface area contributed by atoms with Crippen LogP contribution < -0.4 is 10.6 Å². The lowest BCUT2D eigenvalue weighted by Gasteiger charge is -2.20. The highest BCUT2D eigenvalue weighted by Crippen LogP contribution is 2.18. The average Bonchev–Trinajstić information content (AvgIpc) is 2.93. The van der Waals surface area contributed by atoms with Gasteiger partial charge in [-0.05, 0) is 18.9 Å². The number of benzene rings is 1. The summed E-state index contributed by atoms with van der Waals surface area (Å²) < 4.78 is 0. The van der Waals surface area contributed by atoms with Crippen molar-refractivity contribution in [1.82, 2.24) is 10.6 Å². The fourth-order valence-electron chi connectivity index (χ4n) is 2.11. The molecule has 2 unspecified atom stereocenters. The Labute approximate surface area is 130 Å².